The van der Waals surface area contributed by atoms with E-state index in [4.69, 9.17) is 0 Å². The zero-order chi connectivity index (χ0) is 15.1. The maximum Gasteiger partial charge on any atom is 0.405 e. The molecule has 1 aromatic rings. The molecule has 0 saturated heterocycles. The Kier molecular flexibility index (Phi) is 3.97. The maximum atomic E-state index is 12.5. The van der Waals surface area contributed by atoms with Crippen LogP contribution < -0.4 is 10.2 Å². The van der Waals surface area contributed by atoms with Crippen molar-refractivity contribution in [2.24, 2.45) is 0 Å². The molecule has 0 bridgehead atoms. The van der Waals surface area contributed by atoms with Crippen LogP contribution in [-0.4, -0.2) is 30.3 Å². The van der Waals surface area contributed by atoms with Crippen LogP contribution in [0, 0.1) is 0 Å². The molecular formula is C12H12BrF3N2O2. The van der Waals surface area contributed by atoms with E-state index in [0.29, 0.717) is 21.4 Å². The first-order valence-corrected chi connectivity index (χ1v) is 6.66. The molecule has 4 nitrogen and oxygen atoms in total. The summed E-state index contributed by atoms with van der Waals surface area (Å²) < 4.78 is 38.0. The third kappa shape index (κ3) is 2.90. The first kappa shape index (κ1) is 15.1. The highest BCUT2D eigenvalue weighted by Crippen LogP contribution is 2.39. The predicted octanol–water partition coefficient (Wildman–Crippen LogP) is 2.82. The van der Waals surface area contributed by atoms with Gasteiger partial charge in [-0.2, -0.15) is 13.2 Å². The largest absolute Gasteiger partial charge is 0.405 e. The number of rotatable bonds is 3. The Balaban J connectivity index is 2.38. The number of fused-ring (bicyclic) bond motifs is 1. The van der Waals surface area contributed by atoms with Crippen LogP contribution in [0.2, 0.25) is 0 Å². The molecule has 0 aliphatic carbocycles. The van der Waals surface area contributed by atoms with Crippen molar-refractivity contribution < 1.29 is 23.1 Å². The number of anilines is 2. The Morgan fingerprint density at radius 3 is 2.65 bits per heavy atom. The van der Waals surface area contributed by atoms with Gasteiger partial charge in [0.1, 0.15) is 6.54 Å². The molecule has 8 heteroatoms. The Bertz CT molecular complexity index is 548. The lowest BCUT2D eigenvalue weighted by atomic mass is 10.1. The molecule has 1 aromatic carbocycles. The van der Waals surface area contributed by atoms with Gasteiger partial charge in [0, 0.05) is 22.3 Å². The molecule has 0 radical (unpaired) electrons. The van der Waals surface area contributed by atoms with Gasteiger partial charge in [-0.3, -0.25) is 4.79 Å². The van der Waals surface area contributed by atoms with Crippen LogP contribution in [0.25, 0.3) is 0 Å². The van der Waals surface area contributed by atoms with Gasteiger partial charge in [0.05, 0.1) is 5.69 Å². The molecule has 110 valence electrons. The number of hydrogen-bond donors (Lipinski definition) is 2. The lowest BCUT2D eigenvalue weighted by Gasteiger charge is -2.26. The number of aliphatic hydroxyl groups is 1. The number of halogens is 4. The number of hydrogen-bond acceptors (Lipinski definition) is 3. The number of alkyl halides is 3. The number of aliphatic hydroxyl groups excluding tert-OH is 1. The molecule has 1 aliphatic rings. The zero-order valence-electron chi connectivity index (χ0n) is 10.5. The monoisotopic (exact) mass is 352 g/mol. The Morgan fingerprint density at radius 1 is 1.45 bits per heavy atom. The molecule has 0 fully saturated rings. The number of carbonyl (C=O) groups excluding carboxylic acids is 1. The van der Waals surface area contributed by atoms with Crippen LogP contribution in [0.5, 0.6) is 0 Å². The van der Waals surface area contributed by atoms with Crippen molar-refractivity contribution in [3.8, 4) is 0 Å². The second kappa shape index (κ2) is 5.25. The fraction of sp³-hybridized carbons (Fsp3) is 0.417. The molecule has 2 N–H and O–H groups in total. The molecule has 0 aromatic heterocycles. The number of nitrogens with one attached hydrogen (secondary N) is 1. The van der Waals surface area contributed by atoms with E-state index >= 15 is 0 Å². The van der Waals surface area contributed by atoms with Gasteiger partial charge in [-0.1, -0.05) is 0 Å². The van der Waals surface area contributed by atoms with Gasteiger partial charge in [0.2, 0.25) is 0 Å². The molecule has 1 heterocycles. The van der Waals surface area contributed by atoms with Gasteiger partial charge in [-0.15, -0.1) is 0 Å². The third-order valence-electron chi connectivity index (χ3n) is 3.01. The average Bonchev–Trinajstić information content (AvgIpc) is 2.61. The topological polar surface area (TPSA) is 52.6 Å². The van der Waals surface area contributed by atoms with Crippen molar-refractivity contribution in [2.75, 3.05) is 23.3 Å². The minimum Gasteiger partial charge on any atom is -0.378 e. The van der Waals surface area contributed by atoms with E-state index in [1.807, 2.05) is 0 Å². The molecule has 1 unspecified atom stereocenters. The molecular weight excluding hydrogens is 341 g/mol. The SMILES string of the molecule is CCN(CC(F)(F)F)c1cc2c(cc1Br)C(O)C(=O)N2. The predicted molar refractivity (Wildman–Crippen MR) is 71.7 cm³/mol. The fourth-order valence-electron chi connectivity index (χ4n) is 2.08. The van der Waals surface area contributed by atoms with Crippen molar-refractivity contribution in [1.82, 2.24) is 0 Å². The lowest BCUT2D eigenvalue weighted by molar-refractivity contribution is -0.123. The van der Waals surface area contributed by atoms with Crippen LogP contribution in [0.4, 0.5) is 24.5 Å². The van der Waals surface area contributed by atoms with Crippen LogP contribution in [0.1, 0.15) is 18.6 Å². The Labute approximate surface area is 121 Å². The number of nitrogens with zero attached hydrogens (tertiary/aromatic N) is 1. The van der Waals surface area contributed by atoms with Gasteiger partial charge < -0.3 is 15.3 Å². The molecule has 20 heavy (non-hydrogen) atoms. The van der Waals surface area contributed by atoms with Crippen LogP contribution in [0.15, 0.2) is 16.6 Å². The summed E-state index contributed by atoms with van der Waals surface area (Å²) in [5, 5.41) is 12.1. The van der Waals surface area contributed by atoms with Crippen molar-refractivity contribution in [1.29, 1.82) is 0 Å². The summed E-state index contributed by atoms with van der Waals surface area (Å²) in [6.45, 7) is 0.684. The Morgan fingerprint density at radius 2 is 2.10 bits per heavy atom. The number of amides is 1. The normalized spacial score (nSPS) is 17.9. The molecule has 0 spiro atoms. The quantitative estimate of drug-likeness (QED) is 0.879. The minimum atomic E-state index is -4.32. The number of carbonyl (C=O) groups is 1. The van der Waals surface area contributed by atoms with Crippen LogP contribution >= 0.6 is 15.9 Å². The summed E-state index contributed by atoms with van der Waals surface area (Å²) in [6.07, 6.45) is -5.61. The smallest absolute Gasteiger partial charge is 0.378 e. The van der Waals surface area contributed by atoms with E-state index in [1.165, 1.54) is 12.1 Å². The van der Waals surface area contributed by atoms with E-state index in [9.17, 15) is 23.1 Å². The summed E-state index contributed by atoms with van der Waals surface area (Å²) in [4.78, 5) is 12.5. The number of benzene rings is 1. The second-order valence-corrected chi connectivity index (χ2v) is 5.27. The summed E-state index contributed by atoms with van der Waals surface area (Å²) >= 11 is 3.19. The third-order valence-corrected chi connectivity index (χ3v) is 3.65. The van der Waals surface area contributed by atoms with Crippen molar-refractivity contribution >= 4 is 33.2 Å². The van der Waals surface area contributed by atoms with E-state index in [1.54, 1.807) is 6.92 Å². The van der Waals surface area contributed by atoms with E-state index in [2.05, 4.69) is 21.2 Å². The van der Waals surface area contributed by atoms with Crippen LogP contribution in [0.3, 0.4) is 0 Å². The van der Waals surface area contributed by atoms with E-state index in [0.717, 1.165) is 4.90 Å². The molecule has 1 amide bonds. The summed E-state index contributed by atoms with van der Waals surface area (Å²) in [6, 6.07) is 2.90. The van der Waals surface area contributed by atoms with Gasteiger partial charge in [0.15, 0.2) is 6.10 Å². The van der Waals surface area contributed by atoms with Crippen molar-refractivity contribution in [3.63, 3.8) is 0 Å². The van der Waals surface area contributed by atoms with Gasteiger partial charge in [0.25, 0.3) is 5.91 Å². The van der Waals surface area contributed by atoms with Gasteiger partial charge in [-0.05, 0) is 35.0 Å². The molecule has 1 aliphatic heterocycles. The first-order valence-electron chi connectivity index (χ1n) is 5.87. The second-order valence-electron chi connectivity index (χ2n) is 4.41. The molecule has 1 atom stereocenters. The summed E-state index contributed by atoms with van der Waals surface area (Å²) in [7, 11) is 0. The first-order chi connectivity index (χ1) is 9.23. The fourth-order valence-corrected chi connectivity index (χ4v) is 2.69. The average molecular weight is 353 g/mol. The van der Waals surface area contributed by atoms with Crippen molar-refractivity contribution in [2.45, 2.75) is 19.2 Å². The van der Waals surface area contributed by atoms with Crippen molar-refractivity contribution in [3.05, 3.63) is 22.2 Å². The lowest BCUT2D eigenvalue weighted by Crippen LogP contribution is -2.34. The van der Waals surface area contributed by atoms with E-state index in [-0.39, 0.29) is 6.54 Å². The molecule has 2 rings (SSSR count). The highest BCUT2D eigenvalue weighted by atomic mass is 79.9. The molecule has 0 saturated carbocycles. The maximum absolute atomic E-state index is 12.5. The highest BCUT2D eigenvalue weighted by Gasteiger charge is 2.33. The van der Waals surface area contributed by atoms with Gasteiger partial charge >= 0.3 is 6.18 Å². The summed E-state index contributed by atoms with van der Waals surface area (Å²) in [5.74, 6) is -0.581. The van der Waals surface area contributed by atoms with Crippen LogP contribution in [-0.2, 0) is 4.79 Å². The van der Waals surface area contributed by atoms with Gasteiger partial charge in [-0.25, -0.2) is 0 Å². The summed E-state index contributed by atoms with van der Waals surface area (Å²) in [5.41, 5.74) is 1.01. The van der Waals surface area contributed by atoms with E-state index < -0.39 is 24.7 Å². The minimum absolute atomic E-state index is 0.160. The Hall–Kier alpha value is -1.28. The standard InChI is InChI=1S/C12H12BrF3N2O2/c1-2-18(5-12(14,15)16)9-4-8-6(3-7(9)13)10(19)11(20)17-8/h3-4,10,19H,2,5H2,1H3,(H,17,20). The highest BCUT2D eigenvalue weighted by molar-refractivity contribution is 9.10. The zero-order valence-corrected chi connectivity index (χ0v) is 12.0.